The normalized spacial score (nSPS) is 11.4. The molecule has 0 N–H and O–H groups in total. The Labute approximate surface area is 94.3 Å². The summed E-state index contributed by atoms with van der Waals surface area (Å²) in [7, 11) is 0. The molecule has 0 fully saturated rings. The average molecular weight is 218 g/mol. The molecule has 1 aromatic carbocycles. The number of rotatable bonds is 2. The lowest BCUT2D eigenvalue weighted by Crippen LogP contribution is -2.23. The fourth-order valence-corrected chi connectivity index (χ4v) is 1.35. The van der Waals surface area contributed by atoms with Crippen molar-refractivity contribution in [2.24, 2.45) is 0 Å². The third-order valence-electron chi connectivity index (χ3n) is 1.89. The van der Waals surface area contributed by atoms with E-state index in [1.54, 1.807) is 0 Å². The number of hydrogen-bond donors (Lipinski definition) is 0. The van der Waals surface area contributed by atoms with Crippen LogP contribution in [0, 0.1) is 0 Å². The molecule has 0 amide bonds. The van der Waals surface area contributed by atoms with E-state index in [1.165, 1.54) is 6.39 Å². The molecule has 4 nitrogen and oxygen atoms in total. The van der Waals surface area contributed by atoms with Gasteiger partial charge in [0.25, 0.3) is 5.89 Å². The van der Waals surface area contributed by atoms with Crippen LogP contribution in [0.1, 0.15) is 20.8 Å². The van der Waals surface area contributed by atoms with Crippen LogP contribution >= 0.6 is 0 Å². The number of nitrogens with zero attached hydrogens (tertiary/aromatic N) is 2. The van der Waals surface area contributed by atoms with Crippen molar-refractivity contribution in [3.05, 3.63) is 30.7 Å². The minimum atomic E-state index is -0.254. The van der Waals surface area contributed by atoms with Gasteiger partial charge in [0.15, 0.2) is 0 Å². The number of ether oxygens (including phenoxy) is 1. The molecule has 0 saturated heterocycles. The molecule has 0 saturated carbocycles. The van der Waals surface area contributed by atoms with Crippen molar-refractivity contribution in [2.45, 2.75) is 26.4 Å². The molecule has 2 rings (SSSR count). The summed E-state index contributed by atoms with van der Waals surface area (Å²) in [6.07, 6.45) is 1.31. The lowest BCUT2D eigenvalue weighted by atomic mass is 10.1. The van der Waals surface area contributed by atoms with Crippen LogP contribution in [0.3, 0.4) is 0 Å². The van der Waals surface area contributed by atoms with Gasteiger partial charge in [-0.3, -0.25) is 0 Å². The molecule has 0 aliphatic carbocycles. The monoisotopic (exact) mass is 218 g/mol. The first-order valence-electron chi connectivity index (χ1n) is 5.11. The summed E-state index contributed by atoms with van der Waals surface area (Å²) in [5, 5.41) is 7.54. The van der Waals surface area contributed by atoms with Gasteiger partial charge in [-0.2, -0.15) is 0 Å². The maximum Gasteiger partial charge on any atom is 0.251 e. The van der Waals surface area contributed by atoms with E-state index in [9.17, 15) is 0 Å². The van der Waals surface area contributed by atoms with Crippen molar-refractivity contribution in [1.29, 1.82) is 0 Å². The van der Waals surface area contributed by atoms with Crippen LogP contribution in [0.15, 0.2) is 35.1 Å². The van der Waals surface area contributed by atoms with Gasteiger partial charge in [-0.05, 0) is 32.9 Å². The second kappa shape index (κ2) is 3.96. The van der Waals surface area contributed by atoms with E-state index in [-0.39, 0.29) is 5.60 Å². The Bertz CT molecular complexity index is 458. The van der Waals surface area contributed by atoms with E-state index >= 15 is 0 Å². The Hall–Kier alpha value is -1.84. The number of aromatic nitrogens is 2. The zero-order valence-electron chi connectivity index (χ0n) is 9.60. The van der Waals surface area contributed by atoms with Gasteiger partial charge in [-0.1, -0.05) is 12.1 Å². The smallest absolute Gasteiger partial charge is 0.251 e. The van der Waals surface area contributed by atoms with Crippen molar-refractivity contribution in [1.82, 2.24) is 10.2 Å². The third-order valence-corrected chi connectivity index (χ3v) is 1.89. The molecule has 0 spiro atoms. The molecule has 0 unspecified atom stereocenters. The van der Waals surface area contributed by atoms with Crippen molar-refractivity contribution in [3.8, 4) is 17.2 Å². The molecule has 0 bridgehead atoms. The summed E-state index contributed by atoms with van der Waals surface area (Å²) >= 11 is 0. The lowest BCUT2D eigenvalue weighted by molar-refractivity contribution is 0.131. The molecule has 4 heteroatoms. The van der Waals surface area contributed by atoms with E-state index < -0.39 is 0 Å². The summed E-state index contributed by atoms with van der Waals surface area (Å²) in [5.41, 5.74) is 0.561. The highest BCUT2D eigenvalue weighted by atomic mass is 16.5. The van der Waals surface area contributed by atoms with Crippen LogP contribution in [0.25, 0.3) is 11.5 Å². The van der Waals surface area contributed by atoms with Gasteiger partial charge in [-0.15, -0.1) is 10.2 Å². The topological polar surface area (TPSA) is 48.2 Å². The van der Waals surface area contributed by atoms with Crippen LogP contribution in [0.5, 0.6) is 5.75 Å². The SMILES string of the molecule is CC(C)(C)Oc1ccccc1-c1nnco1. The van der Waals surface area contributed by atoms with Crippen molar-refractivity contribution in [2.75, 3.05) is 0 Å². The zero-order valence-corrected chi connectivity index (χ0v) is 9.60. The maximum absolute atomic E-state index is 5.83. The van der Waals surface area contributed by atoms with E-state index in [0.29, 0.717) is 5.89 Å². The summed E-state index contributed by atoms with van der Waals surface area (Å²) in [4.78, 5) is 0. The first-order valence-corrected chi connectivity index (χ1v) is 5.11. The molecule has 2 aromatic rings. The molecule has 0 atom stereocenters. The zero-order chi connectivity index (χ0) is 11.6. The summed E-state index contributed by atoms with van der Waals surface area (Å²) < 4.78 is 11.0. The highest BCUT2D eigenvalue weighted by Crippen LogP contribution is 2.30. The molecule has 1 aromatic heterocycles. The Morgan fingerprint density at radius 3 is 2.56 bits per heavy atom. The Kier molecular flexibility index (Phi) is 2.64. The van der Waals surface area contributed by atoms with E-state index in [2.05, 4.69) is 10.2 Å². The Morgan fingerprint density at radius 1 is 1.19 bits per heavy atom. The first-order chi connectivity index (χ1) is 7.56. The highest BCUT2D eigenvalue weighted by molar-refractivity contribution is 5.62. The molecule has 1 heterocycles. The standard InChI is InChI=1S/C12H14N2O2/c1-12(2,3)16-10-7-5-4-6-9(10)11-14-13-8-15-11/h4-8H,1-3H3. The second-order valence-electron chi connectivity index (χ2n) is 4.45. The van der Waals surface area contributed by atoms with E-state index in [1.807, 2.05) is 45.0 Å². The molecule has 0 aliphatic rings. The molecule has 0 aliphatic heterocycles. The van der Waals surface area contributed by atoms with Gasteiger partial charge in [0, 0.05) is 0 Å². The molecular weight excluding hydrogens is 204 g/mol. The van der Waals surface area contributed by atoms with Gasteiger partial charge >= 0.3 is 0 Å². The highest BCUT2D eigenvalue weighted by Gasteiger charge is 2.17. The fraction of sp³-hybridized carbons (Fsp3) is 0.333. The van der Waals surface area contributed by atoms with Crippen LogP contribution in [0.2, 0.25) is 0 Å². The van der Waals surface area contributed by atoms with Crippen LogP contribution in [-0.2, 0) is 0 Å². The quantitative estimate of drug-likeness (QED) is 0.777. The van der Waals surface area contributed by atoms with Crippen molar-refractivity contribution in [3.63, 3.8) is 0 Å². The minimum absolute atomic E-state index is 0.254. The number of para-hydroxylation sites is 1. The van der Waals surface area contributed by atoms with Gasteiger partial charge in [0.05, 0.1) is 5.56 Å². The largest absolute Gasteiger partial charge is 0.487 e. The molecule has 84 valence electrons. The average Bonchev–Trinajstić information content (AvgIpc) is 2.69. The van der Waals surface area contributed by atoms with Crippen LogP contribution < -0.4 is 4.74 Å². The first kappa shape index (κ1) is 10.7. The Morgan fingerprint density at radius 2 is 1.94 bits per heavy atom. The third kappa shape index (κ3) is 2.39. The molecule has 16 heavy (non-hydrogen) atoms. The van der Waals surface area contributed by atoms with Gasteiger partial charge < -0.3 is 9.15 Å². The van der Waals surface area contributed by atoms with Gasteiger partial charge in [-0.25, -0.2) is 0 Å². The predicted octanol–water partition coefficient (Wildman–Crippen LogP) is 2.91. The maximum atomic E-state index is 5.83. The van der Waals surface area contributed by atoms with Crippen LogP contribution in [0.4, 0.5) is 0 Å². The molecular formula is C12H14N2O2. The lowest BCUT2D eigenvalue weighted by Gasteiger charge is -2.22. The number of hydrogen-bond acceptors (Lipinski definition) is 4. The minimum Gasteiger partial charge on any atom is -0.487 e. The summed E-state index contributed by atoms with van der Waals surface area (Å²) in [5.74, 6) is 1.22. The summed E-state index contributed by atoms with van der Waals surface area (Å²) in [6.45, 7) is 5.99. The van der Waals surface area contributed by atoms with Crippen molar-refractivity contribution < 1.29 is 9.15 Å². The Balaban J connectivity index is 2.39. The van der Waals surface area contributed by atoms with Crippen LogP contribution in [-0.4, -0.2) is 15.8 Å². The van der Waals surface area contributed by atoms with Crippen molar-refractivity contribution >= 4 is 0 Å². The fourth-order valence-electron chi connectivity index (χ4n) is 1.35. The van der Waals surface area contributed by atoms with E-state index in [0.717, 1.165) is 11.3 Å². The number of benzene rings is 1. The van der Waals surface area contributed by atoms with Gasteiger partial charge in [0.2, 0.25) is 6.39 Å². The van der Waals surface area contributed by atoms with Gasteiger partial charge in [0.1, 0.15) is 11.4 Å². The summed E-state index contributed by atoms with van der Waals surface area (Å²) in [6, 6.07) is 7.62. The predicted molar refractivity (Wildman–Crippen MR) is 60.1 cm³/mol. The molecule has 0 radical (unpaired) electrons. The van der Waals surface area contributed by atoms with E-state index in [4.69, 9.17) is 9.15 Å². The second-order valence-corrected chi connectivity index (χ2v) is 4.45.